The average molecular weight is 423 g/mol. The first kappa shape index (κ1) is 19.6. The molecule has 1 saturated heterocycles. The second-order valence-corrected chi connectivity index (χ2v) is 9.83. The number of aromatic hydroxyl groups is 1. The molecule has 2 unspecified atom stereocenters. The Balaban J connectivity index is 1.42. The number of benzene rings is 3. The molecule has 2 atom stereocenters. The summed E-state index contributed by atoms with van der Waals surface area (Å²) in [6.07, 6.45) is 3.21. The molecule has 4 aromatic rings. The van der Waals surface area contributed by atoms with Crippen molar-refractivity contribution in [2.45, 2.75) is 38.1 Å². The molecule has 1 aliphatic carbocycles. The van der Waals surface area contributed by atoms with Crippen LogP contribution in [0, 0.1) is 12.8 Å². The summed E-state index contributed by atoms with van der Waals surface area (Å²) >= 11 is 0. The van der Waals surface area contributed by atoms with Crippen LogP contribution in [0.25, 0.3) is 10.9 Å². The van der Waals surface area contributed by atoms with Crippen LogP contribution in [0.5, 0.6) is 5.75 Å². The first-order valence-corrected chi connectivity index (χ1v) is 11.8. The maximum atomic E-state index is 10.3. The number of nitrogens with one attached hydrogen (secondary N) is 1. The van der Waals surface area contributed by atoms with Gasteiger partial charge in [0.25, 0.3) is 0 Å². The number of nitrogens with zero attached hydrogens (tertiary/aromatic N) is 1. The minimum absolute atomic E-state index is 0.0632. The highest BCUT2D eigenvalue weighted by Crippen LogP contribution is 2.49. The summed E-state index contributed by atoms with van der Waals surface area (Å²) in [5, 5.41) is 11.7. The second-order valence-electron chi connectivity index (χ2n) is 9.83. The highest BCUT2D eigenvalue weighted by atomic mass is 16.3. The van der Waals surface area contributed by atoms with Gasteiger partial charge in [-0.2, -0.15) is 0 Å². The second kappa shape index (κ2) is 7.53. The third-order valence-corrected chi connectivity index (χ3v) is 7.99. The molecule has 0 bridgehead atoms. The molecule has 3 heteroatoms. The van der Waals surface area contributed by atoms with E-state index < -0.39 is 0 Å². The van der Waals surface area contributed by atoms with Crippen molar-refractivity contribution in [3.63, 3.8) is 0 Å². The SMILES string of the molecule is Cc1cccc2c3c([nH]c12)CC1(c2cccc(O)c2)CCN(Cc2ccccc2)CC1C3. The van der Waals surface area contributed by atoms with Crippen molar-refractivity contribution in [1.82, 2.24) is 9.88 Å². The highest BCUT2D eigenvalue weighted by Gasteiger charge is 2.48. The molecule has 1 aromatic heterocycles. The first-order chi connectivity index (χ1) is 15.6. The molecule has 1 aliphatic heterocycles. The fraction of sp³-hybridized carbons (Fsp3) is 0.310. The molecule has 2 N–H and O–H groups in total. The predicted octanol–water partition coefficient (Wildman–Crippen LogP) is 5.74. The molecule has 1 fully saturated rings. The zero-order valence-corrected chi connectivity index (χ0v) is 18.6. The van der Waals surface area contributed by atoms with Gasteiger partial charge in [0.15, 0.2) is 0 Å². The predicted molar refractivity (Wildman–Crippen MR) is 130 cm³/mol. The lowest BCUT2D eigenvalue weighted by Gasteiger charge is -2.51. The minimum atomic E-state index is 0.0632. The van der Waals surface area contributed by atoms with Gasteiger partial charge in [0, 0.05) is 35.1 Å². The fourth-order valence-electron chi connectivity index (χ4n) is 6.33. The summed E-state index contributed by atoms with van der Waals surface area (Å²) in [7, 11) is 0. The van der Waals surface area contributed by atoms with Crippen LogP contribution in [0.15, 0.2) is 72.8 Å². The lowest BCUT2D eigenvalue weighted by molar-refractivity contribution is 0.0765. The molecule has 3 aromatic carbocycles. The normalized spacial score (nSPS) is 23.1. The number of phenols is 1. The molecule has 0 spiro atoms. The van der Waals surface area contributed by atoms with E-state index in [0.29, 0.717) is 11.7 Å². The monoisotopic (exact) mass is 422 g/mol. The summed E-state index contributed by atoms with van der Waals surface area (Å²) in [5.74, 6) is 0.898. The van der Waals surface area contributed by atoms with Crippen molar-refractivity contribution >= 4 is 10.9 Å². The van der Waals surface area contributed by atoms with E-state index in [1.807, 2.05) is 12.1 Å². The minimum Gasteiger partial charge on any atom is -0.508 e. The van der Waals surface area contributed by atoms with Crippen LogP contribution < -0.4 is 0 Å². The van der Waals surface area contributed by atoms with Crippen molar-refractivity contribution in [1.29, 1.82) is 0 Å². The summed E-state index contributed by atoms with van der Waals surface area (Å²) < 4.78 is 0. The summed E-state index contributed by atoms with van der Waals surface area (Å²) in [4.78, 5) is 6.43. The van der Waals surface area contributed by atoms with Gasteiger partial charge in [-0.1, -0.05) is 60.7 Å². The van der Waals surface area contributed by atoms with Crippen molar-refractivity contribution in [3.8, 4) is 5.75 Å². The van der Waals surface area contributed by atoms with E-state index >= 15 is 0 Å². The third-order valence-electron chi connectivity index (χ3n) is 7.99. The number of hydrogen-bond donors (Lipinski definition) is 2. The highest BCUT2D eigenvalue weighted by molar-refractivity contribution is 5.87. The largest absolute Gasteiger partial charge is 0.508 e. The summed E-state index contributed by atoms with van der Waals surface area (Å²) in [6.45, 7) is 5.37. The van der Waals surface area contributed by atoms with E-state index in [9.17, 15) is 5.11 Å². The van der Waals surface area contributed by atoms with Gasteiger partial charge >= 0.3 is 0 Å². The van der Waals surface area contributed by atoms with Gasteiger partial charge in [0.1, 0.15) is 5.75 Å². The Labute approximate surface area is 189 Å². The van der Waals surface area contributed by atoms with Gasteiger partial charge in [-0.3, -0.25) is 4.90 Å². The van der Waals surface area contributed by atoms with Crippen LogP contribution in [0.2, 0.25) is 0 Å². The topological polar surface area (TPSA) is 39.3 Å². The van der Waals surface area contributed by atoms with Gasteiger partial charge in [-0.25, -0.2) is 0 Å². The Bertz CT molecular complexity index is 1280. The van der Waals surface area contributed by atoms with Crippen LogP contribution in [0.3, 0.4) is 0 Å². The molecule has 162 valence electrons. The van der Waals surface area contributed by atoms with Gasteiger partial charge in [0.05, 0.1) is 0 Å². The number of piperidine rings is 1. The number of para-hydroxylation sites is 1. The Kier molecular flexibility index (Phi) is 4.62. The van der Waals surface area contributed by atoms with Crippen LogP contribution >= 0.6 is 0 Å². The molecule has 3 nitrogen and oxygen atoms in total. The smallest absolute Gasteiger partial charge is 0.115 e. The van der Waals surface area contributed by atoms with Crippen molar-refractivity contribution in [2.24, 2.45) is 5.92 Å². The molecular weight excluding hydrogens is 392 g/mol. The number of aryl methyl sites for hydroxylation is 1. The first-order valence-electron chi connectivity index (χ1n) is 11.8. The number of aromatic nitrogens is 1. The van der Waals surface area contributed by atoms with Crippen LogP contribution in [0.1, 0.15) is 34.4 Å². The van der Waals surface area contributed by atoms with Crippen molar-refractivity contribution in [2.75, 3.05) is 13.1 Å². The molecule has 2 heterocycles. The van der Waals surface area contributed by atoms with E-state index in [0.717, 1.165) is 38.9 Å². The van der Waals surface area contributed by atoms with Crippen LogP contribution in [-0.4, -0.2) is 28.1 Å². The molecule has 32 heavy (non-hydrogen) atoms. The zero-order chi connectivity index (χ0) is 21.7. The number of hydrogen-bond acceptors (Lipinski definition) is 2. The van der Waals surface area contributed by atoms with Crippen LogP contribution in [0.4, 0.5) is 0 Å². The Morgan fingerprint density at radius 1 is 1.03 bits per heavy atom. The number of fused-ring (bicyclic) bond motifs is 4. The molecule has 6 rings (SSSR count). The van der Waals surface area contributed by atoms with Gasteiger partial charge in [-0.05, 0) is 73.0 Å². The van der Waals surface area contributed by atoms with Crippen LogP contribution in [-0.2, 0) is 24.8 Å². The lowest BCUT2D eigenvalue weighted by Crippen LogP contribution is -2.53. The Hall–Kier alpha value is -3.04. The number of H-pyrrole nitrogens is 1. The fourth-order valence-corrected chi connectivity index (χ4v) is 6.33. The third kappa shape index (κ3) is 3.15. The molecule has 0 saturated carbocycles. The van der Waals surface area contributed by atoms with E-state index in [1.54, 1.807) is 6.07 Å². The molecule has 0 radical (unpaired) electrons. The number of likely N-dealkylation sites (tertiary alicyclic amines) is 1. The van der Waals surface area contributed by atoms with E-state index in [1.165, 1.54) is 38.9 Å². The van der Waals surface area contributed by atoms with E-state index in [-0.39, 0.29) is 5.41 Å². The molecular formula is C29H30N2O. The standard InChI is InChI=1S/C29H30N2O/c1-20-7-5-12-25-26-16-23-19-31(18-21-8-3-2-4-9-21)14-13-29(23,17-27(26)30-28(20)25)22-10-6-11-24(32)15-22/h2-12,15,23,30,32H,13-14,16-19H2,1H3. The number of aromatic amines is 1. The van der Waals surface area contributed by atoms with Gasteiger partial charge in [0.2, 0.25) is 0 Å². The maximum absolute atomic E-state index is 10.3. The van der Waals surface area contributed by atoms with Crippen molar-refractivity contribution in [3.05, 3.63) is 101 Å². The molecule has 2 aliphatic rings. The van der Waals surface area contributed by atoms with Crippen molar-refractivity contribution < 1.29 is 5.11 Å². The lowest BCUT2D eigenvalue weighted by atomic mass is 9.58. The number of phenolic OH excluding ortho intramolecular Hbond substituents is 1. The number of rotatable bonds is 3. The quantitative estimate of drug-likeness (QED) is 0.442. The molecule has 0 amide bonds. The van der Waals surface area contributed by atoms with Gasteiger partial charge in [-0.15, -0.1) is 0 Å². The Morgan fingerprint density at radius 3 is 2.72 bits per heavy atom. The summed E-state index contributed by atoms with van der Waals surface area (Å²) in [6, 6.07) is 25.5. The zero-order valence-electron chi connectivity index (χ0n) is 18.6. The summed E-state index contributed by atoms with van der Waals surface area (Å²) in [5.41, 5.74) is 8.25. The average Bonchev–Trinajstić information content (AvgIpc) is 3.17. The van der Waals surface area contributed by atoms with Gasteiger partial charge < -0.3 is 10.1 Å². The maximum Gasteiger partial charge on any atom is 0.115 e. The van der Waals surface area contributed by atoms with E-state index in [2.05, 4.69) is 71.4 Å². The van der Waals surface area contributed by atoms with E-state index in [4.69, 9.17) is 0 Å². The Morgan fingerprint density at radius 2 is 1.88 bits per heavy atom.